The van der Waals surface area contributed by atoms with Gasteiger partial charge < -0.3 is 4.74 Å². The highest BCUT2D eigenvalue weighted by Crippen LogP contribution is 2.17. The van der Waals surface area contributed by atoms with Gasteiger partial charge in [0, 0.05) is 19.1 Å². The summed E-state index contributed by atoms with van der Waals surface area (Å²) in [6.45, 7) is 5.79. The summed E-state index contributed by atoms with van der Waals surface area (Å²) < 4.78 is 5.38. The molecule has 1 aromatic carbocycles. The van der Waals surface area contributed by atoms with Crippen molar-refractivity contribution < 1.29 is 4.74 Å². The van der Waals surface area contributed by atoms with Crippen LogP contribution in [-0.4, -0.2) is 19.1 Å². The van der Waals surface area contributed by atoms with Gasteiger partial charge in [-0.15, -0.1) is 11.6 Å². The average Bonchev–Trinajstić information content (AvgIpc) is 2.30. The number of rotatable bonds is 7. The maximum Gasteiger partial charge on any atom is 0.0469 e. The van der Waals surface area contributed by atoms with Gasteiger partial charge >= 0.3 is 0 Å². The second kappa shape index (κ2) is 7.70. The lowest BCUT2D eigenvalue weighted by Gasteiger charge is -2.15. The summed E-state index contributed by atoms with van der Waals surface area (Å²) in [4.78, 5) is 0. The second-order valence-electron chi connectivity index (χ2n) is 4.14. The van der Waals surface area contributed by atoms with E-state index < -0.39 is 0 Å². The highest BCUT2D eigenvalue weighted by atomic mass is 35.5. The Hall–Kier alpha value is -0.530. The van der Waals surface area contributed by atoms with Crippen molar-refractivity contribution in [2.75, 3.05) is 19.1 Å². The molecule has 0 aromatic heterocycles. The van der Waals surface area contributed by atoms with E-state index in [-0.39, 0.29) is 0 Å². The number of ether oxygens (including phenoxy) is 1. The van der Waals surface area contributed by atoms with Crippen LogP contribution in [0.25, 0.3) is 0 Å². The zero-order chi connectivity index (χ0) is 11.8. The molecule has 0 heterocycles. The third kappa shape index (κ3) is 4.54. The molecule has 1 rings (SSSR count). The van der Waals surface area contributed by atoms with E-state index in [1.54, 1.807) is 0 Å². The summed E-state index contributed by atoms with van der Waals surface area (Å²) in [7, 11) is 0. The van der Waals surface area contributed by atoms with Crippen LogP contribution in [0.4, 0.5) is 0 Å². The molecule has 0 N–H and O–H groups in total. The van der Waals surface area contributed by atoms with Crippen molar-refractivity contribution >= 4 is 11.6 Å². The predicted octanol–water partition coefficient (Wildman–Crippen LogP) is 3.82. The molecule has 90 valence electrons. The third-order valence-corrected chi connectivity index (χ3v) is 3.30. The summed E-state index contributed by atoms with van der Waals surface area (Å²) in [6, 6.07) is 8.52. The van der Waals surface area contributed by atoms with E-state index in [0.29, 0.717) is 11.8 Å². The van der Waals surface area contributed by atoms with E-state index in [2.05, 4.69) is 31.2 Å². The van der Waals surface area contributed by atoms with E-state index >= 15 is 0 Å². The minimum atomic E-state index is 0.523. The summed E-state index contributed by atoms with van der Waals surface area (Å²) in [6.07, 6.45) is 2.11. The molecule has 0 saturated carbocycles. The van der Waals surface area contributed by atoms with E-state index in [1.807, 2.05) is 6.92 Å². The van der Waals surface area contributed by atoms with Gasteiger partial charge in [0.15, 0.2) is 0 Å². The van der Waals surface area contributed by atoms with Crippen LogP contribution in [0.3, 0.4) is 0 Å². The van der Waals surface area contributed by atoms with Gasteiger partial charge in [-0.05, 0) is 43.7 Å². The Kier molecular flexibility index (Phi) is 6.51. The number of benzene rings is 1. The summed E-state index contributed by atoms with van der Waals surface area (Å²) in [5.41, 5.74) is 2.76. The third-order valence-electron chi connectivity index (χ3n) is 2.86. The van der Waals surface area contributed by atoms with Crippen LogP contribution in [0.5, 0.6) is 0 Å². The van der Waals surface area contributed by atoms with Crippen LogP contribution in [0.15, 0.2) is 24.3 Å². The molecule has 2 heteroatoms. The number of hydrogen-bond acceptors (Lipinski definition) is 1. The Morgan fingerprint density at radius 1 is 1.31 bits per heavy atom. The normalized spacial score (nSPS) is 12.7. The fourth-order valence-corrected chi connectivity index (χ4v) is 2.04. The first-order valence-corrected chi connectivity index (χ1v) is 6.49. The van der Waals surface area contributed by atoms with E-state index in [9.17, 15) is 0 Å². The molecule has 0 amide bonds. The van der Waals surface area contributed by atoms with E-state index in [0.717, 1.165) is 26.1 Å². The number of alkyl halides is 1. The fourth-order valence-electron chi connectivity index (χ4n) is 1.78. The maximum atomic E-state index is 5.99. The standard InChI is InChI=1S/C14H21ClO/c1-3-16-9-8-13(11-15)10-14-7-5-4-6-12(14)2/h4-7,13H,3,8-11H2,1-2H3. The molecule has 0 aliphatic carbocycles. The first kappa shape index (κ1) is 13.5. The van der Waals surface area contributed by atoms with Crippen LogP contribution in [0.2, 0.25) is 0 Å². The number of hydrogen-bond donors (Lipinski definition) is 0. The topological polar surface area (TPSA) is 9.23 Å². The van der Waals surface area contributed by atoms with Gasteiger partial charge in [-0.25, -0.2) is 0 Å². The Morgan fingerprint density at radius 2 is 2.06 bits per heavy atom. The van der Waals surface area contributed by atoms with E-state index in [4.69, 9.17) is 16.3 Å². The van der Waals surface area contributed by atoms with Crippen molar-refractivity contribution in [2.24, 2.45) is 5.92 Å². The molecule has 0 aliphatic rings. The quantitative estimate of drug-likeness (QED) is 0.520. The Morgan fingerprint density at radius 3 is 2.69 bits per heavy atom. The lowest BCUT2D eigenvalue weighted by Crippen LogP contribution is -2.11. The van der Waals surface area contributed by atoms with Crippen LogP contribution in [0, 0.1) is 12.8 Å². The maximum absolute atomic E-state index is 5.99. The molecule has 1 atom stereocenters. The van der Waals surface area contributed by atoms with Crippen molar-refractivity contribution in [3.05, 3.63) is 35.4 Å². The predicted molar refractivity (Wildman–Crippen MR) is 70.2 cm³/mol. The molecule has 0 spiro atoms. The molecule has 16 heavy (non-hydrogen) atoms. The molecule has 1 nitrogen and oxygen atoms in total. The van der Waals surface area contributed by atoms with Gasteiger partial charge in [0.1, 0.15) is 0 Å². The zero-order valence-electron chi connectivity index (χ0n) is 10.2. The van der Waals surface area contributed by atoms with Crippen molar-refractivity contribution in [3.8, 4) is 0 Å². The van der Waals surface area contributed by atoms with Gasteiger partial charge in [0.25, 0.3) is 0 Å². The SMILES string of the molecule is CCOCCC(CCl)Cc1ccccc1C. The molecule has 0 bridgehead atoms. The highest BCUT2D eigenvalue weighted by molar-refractivity contribution is 6.18. The van der Waals surface area contributed by atoms with Crippen molar-refractivity contribution in [1.82, 2.24) is 0 Å². The van der Waals surface area contributed by atoms with Crippen LogP contribution in [0.1, 0.15) is 24.5 Å². The zero-order valence-corrected chi connectivity index (χ0v) is 11.0. The molecule has 1 aromatic rings. The summed E-state index contributed by atoms with van der Waals surface area (Å²) >= 11 is 5.99. The van der Waals surface area contributed by atoms with Gasteiger partial charge in [-0.2, -0.15) is 0 Å². The van der Waals surface area contributed by atoms with Gasteiger partial charge in [0.05, 0.1) is 0 Å². The average molecular weight is 241 g/mol. The summed E-state index contributed by atoms with van der Waals surface area (Å²) in [5, 5.41) is 0. The lowest BCUT2D eigenvalue weighted by atomic mass is 9.95. The second-order valence-corrected chi connectivity index (χ2v) is 4.45. The first-order chi connectivity index (χ1) is 7.77. The minimum absolute atomic E-state index is 0.523. The Balaban J connectivity index is 2.46. The largest absolute Gasteiger partial charge is 0.382 e. The molecule has 0 saturated heterocycles. The molecule has 0 fully saturated rings. The molecule has 1 unspecified atom stereocenters. The number of halogens is 1. The lowest BCUT2D eigenvalue weighted by molar-refractivity contribution is 0.134. The van der Waals surface area contributed by atoms with Gasteiger partial charge in [-0.1, -0.05) is 24.3 Å². The molecule has 0 aliphatic heterocycles. The van der Waals surface area contributed by atoms with Crippen molar-refractivity contribution in [1.29, 1.82) is 0 Å². The summed E-state index contributed by atoms with van der Waals surface area (Å²) in [5.74, 6) is 1.23. The highest BCUT2D eigenvalue weighted by Gasteiger charge is 2.09. The smallest absolute Gasteiger partial charge is 0.0469 e. The number of aryl methyl sites for hydroxylation is 1. The molecule has 0 radical (unpaired) electrons. The Labute approximate surface area is 104 Å². The fraction of sp³-hybridized carbons (Fsp3) is 0.571. The van der Waals surface area contributed by atoms with Gasteiger partial charge in [-0.3, -0.25) is 0 Å². The van der Waals surface area contributed by atoms with Crippen molar-refractivity contribution in [2.45, 2.75) is 26.7 Å². The molecular formula is C14H21ClO. The van der Waals surface area contributed by atoms with Crippen LogP contribution < -0.4 is 0 Å². The van der Waals surface area contributed by atoms with E-state index in [1.165, 1.54) is 11.1 Å². The molecular weight excluding hydrogens is 220 g/mol. The van der Waals surface area contributed by atoms with Crippen LogP contribution in [-0.2, 0) is 11.2 Å². The van der Waals surface area contributed by atoms with Crippen LogP contribution >= 0.6 is 11.6 Å². The van der Waals surface area contributed by atoms with Gasteiger partial charge in [0.2, 0.25) is 0 Å². The monoisotopic (exact) mass is 240 g/mol. The Bertz CT molecular complexity index is 299. The minimum Gasteiger partial charge on any atom is -0.382 e. The van der Waals surface area contributed by atoms with Crippen molar-refractivity contribution in [3.63, 3.8) is 0 Å². The first-order valence-electron chi connectivity index (χ1n) is 5.96.